The third-order valence-corrected chi connectivity index (χ3v) is 4.47. The van der Waals surface area contributed by atoms with E-state index in [1.54, 1.807) is 6.92 Å². The van der Waals surface area contributed by atoms with Crippen LogP contribution in [-0.4, -0.2) is 36.0 Å². The minimum Gasteiger partial charge on any atom is -0.367 e. The number of unbranched alkanes of at least 4 members (excludes halogenated alkanes) is 7. The van der Waals surface area contributed by atoms with Crippen molar-refractivity contribution in [1.82, 2.24) is 4.90 Å². The minimum absolute atomic E-state index is 0.0249. The van der Waals surface area contributed by atoms with Crippen molar-refractivity contribution >= 4 is 11.8 Å². The summed E-state index contributed by atoms with van der Waals surface area (Å²) in [6.45, 7) is 6.76. The molecule has 128 valence electrons. The van der Waals surface area contributed by atoms with E-state index in [9.17, 15) is 9.59 Å². The molecule has 0 bridgehead atoms. The zero-order valence-electron chi connectivity index (χ0n) is 14.6. The molecule has 2 amide bonds. The summed E-state index contributed by atoms with van der Waals surface area (Å²) in [7, 11) is 0. The molecule has 0 aromatic rings. The fraction of sp³-hybridized carbons (Fsp3) is 0.889. The molecular weight excluding hydrogens is 278 g/mol. The first-order valence-corrected chi connectivity index (χ1v) is 9.04. The molecule has 4 nitrogen and oxygen atoms in total. The highest BCUT2D eigenvalue weighted by Gasteiger charge is 2.32. The van der Waals surface area contributed by atoms with E-state index in [1.807, 2.05) is 6.92 Å². The average Bonchev–Trinajstić information content (AvgIpc) is 2.51. The summed E-state index contributed by atoms with van der Waals surface area (Å²) in [5.41, 5.74) is 0. The maximum Gasteiger partial charge on any atom is 0.258 e. The minimum atomic E-state index is -0.479. The van der Waals surface area contributed by atoms with Crippen LogP contribution in [0.4, 0.5) is 0 Å². The van der Waals surface area contributed by atoms with Gasteiger partial charge in [0.1, 0.15) is 6.10 Å². The van der Waals surface area contributed by atoms with Crippen molar-refractivity contribution in [3.8, 4) is 0 Å². The number of imide groups is 1. The van der Waals surface area contributed by atoms with Crippen molar-refractivity contribution in [2.24, 2.45) is 5.92 Å². The molecule has 1 heterocycles. The van der Waals surface area contributed by atoms with E-state index in [2.05, 4.69) is 6.92 Å². The van der Waals surface area contributed by atoms with E-state index < -0.39 is 6.10 Å². The molecule has 1 aliphatic heterocycles. The van der Waals surface area contributed by atoms with Crippen LogP contribution in [0.1, 0.15) is 78.6 Å². The Morgan fingerprint density at radius 1 is 1.18 bits per heavy atom. The van der Waals surface area contributed by atoms with E-state index in [0.29, 0.717) is 13.2 Å². The monoisotopic (exact) mass is 311 g/mol. The van der Waals surface area contributed by atoms with Crippen LogP contribution in [0.5, 0.6) is 0 Å². The van der Waals surface area contributed by atoms with Gasteiger partial charge in [0.2, 0.25) is 5.91 Å². The van der Waals surface area contributed by atoms with E-state index in [1.165, 1.54) is 49.8 Å². The van der Waals surface area contributed by atoms with Gasteiger partial charge in [0.15, 0.2) is 0 Å². The van der Waals surface area contributed by atoms with E-state index in [0.717, 1.165) is 12.8 Å². The lowest BCUT2D eigenvalue weighted by atomic mass is 10.00. The fourth-order valence-electron chi connectivity index (χ4n) is 2.91. The summed E-state index contributed by atoms with van der Waals surface area (Å²) in [4.78, 5) is 25.7. The van der Waals surface area contributed by atoms with Crippen molar-refractivity contribution in [2.45, 2.75) is 84.7 Å². The van der Waals surface area contributed by atoms with Gasteiger partial charge in [0, 0.05) is 5.92 Å². The van der Waals surface area contributed by atoms with Gasteiger partial charge in [-0.05, 0) is 13.3 Å². The topological polar surface area (TPSA) is 46.6 Å². The average molecular weight is 311 g/mol. The van der Waals surface area contributed by atoms with Crippen molar-refractivity contribution in [3.63, 3.8) is 0 Å². The molecule has 0 aromatic heterocycles. The molecule has 1 rings (SSSR count). The predicted octanol–water partition coefficient (Wildman–Crippen LogP) is 3.93. The predicted molar refractivity (Wildman–Crippen MR) is 88.5 cm³/mol. The molecule has 4 heteroatoms. The van der Waals surface area contributed by atoms with Crippen LogP contribution in [0.25, 0.3) is 0 Å². The Labute approximate surface area is 135 Å². The number of rotatable bonds is 10. The smallest absolute Gasteiger partial charge is 0.258 e. The molecule has 0 N–H and O–H groups in total. The Morgan fingerprint density at radius 2 is 1.77 bits per heavy atom. The summed E-state index contributed by atoms with van der Waals surface area (Å²) in [5, 5.41) is 0. The molecule has 0 aliphatic carbocycles. The fourth-order valence-corrected chi connectivity index (χ4v) is 2.91. The summed E-state index contributed by atoms with van der Waals surface area (Å²) < 4.78 is 5.26. The molecule has 22 heavy (non-hydrogen) atoms. The number of amides is 2. The highest BCUT2D eigenvalue weighted by atomic mass is 16.5. The molecule has 2 unspecified atom stereocenters. The van der Waals surface area contributed by atoms with Crippen LogP contribution in [0.3, 0.4) is 0 Å². The number of morpholine rings is 1. The first kappa shape index (κ1) is 19.1. The van der Waals surface area contributed by atoms with Crippen LogP contribution < -0.4 is 0 Å². The molecular formula is C18H33NO3. The molecule has 1 saturated heterocycles. The van der Waals surface area contributed by atoms with Crippen LogP contribution >= 0.6 is 0 Å². The third-order valence-electron chi connectivity index (χ3n) is 4.47. The van der Waals surface area contributed by atoms with Crippen molar-refractivity contribution in [2.75, 3.05) is 13.2 Å². The van der Waals surface area contributed by atoms with Gasteiger partial charge in [0.05, 0.1) is 13.2 Å². The van der Waals surface area contributed by atoms with Crippen molar-refractivity contribution in [3.05, 3.63) is 0 Å². The highest BCUT2D eigenvalue weighted by Crippen LogP contribution is 2.17. The molecule has 2 atom stereocenters. The zero-order chi connectivity index (χ0) is 16.4. The molecule has 0 radical (unpaired) electrons. The number of nitrogens with zero attached hydrogens (tertiary/aromatic N) is 1. The van der Waals surface area contributed by atoms with Gasteiger partial charge in [-0.1, -0.05) is 65.2 Å². The van der Waals surface area contributed by atoms with Crippen LogP contribution in [0.2, 0.25) is 0 Å². The van der Waals surface area contributed by atoms with E-state index in [4.69, 9.17) is 4.74 Å². The van der Waals surface area contributed by atoms with Crippen LogP contribution in [-0.2, 0) is 14.3 Å². The first-order chi connectivity index (χ1) is 10.6. The Kier molecular flexibility index (Phi) is 9.37. The SMILES string of the molecule is CCCCCCCCCCC(C)C(=O)N1CCOC(C)C1=O. The highest BCUT2D eigenvalue weighted by molar-refractivity contribution is 5.98. The number of hydrogen-bond acceptors (Lipinski definition) is 3. The third kappa shape index (κ3) is 6.47. The van der Waals surface area contributed by atoms with Crippen molar-refractivity contribution < 1.29 is 14.3 Å². The van der Waals surface area contributed by atoms with Gasteiger partial charge in [-0.15, -0.1) is 0 Å². The maximum atomic E-state index is 12.3. The number of carbonyl (C=O) groups excluding carboxylic acids is 2. The lowest BCUT2D eigenvalue weighted by molar-refractivity contribution is -0.161. The number of ether oxygens (including phenoxy) is 1. The number of carbonyl (C=O) groups is 2. The van der Waals surface area contributed by atoms with Gasteiger partial charge in [-0.25, -0.2) is 0 Å². The lowest BCUT2D eigenvalue weighted by Crippen LogP contribution is -2.51. The maximum absolute atomic E-state index is 12.3. The largest absolute Gasteiger partial charge is 0.367 e. The molecule has 0 spiro atoms. The molecule has 1 fully saturated rings. The van der Waals surface area contributed by atoms with Gasteiger partial charge in [0.25, 0.3) is 5.91 Å². The second-order valence-electron chi connectivity index (χ2n) is 6.51. The summed E-state index contributed by atoms with van der Waals surface area (Å²) in [5.74, 6) is -0.267. The quantitative estimate of drug-likeness (QED) is 0.574. The summed E-state index contributed by atoms with van der Waals surface area (Å²) in [6.07, 6.45) is 10.6. The summed E-state index contributed by atoms with van der Waals surface area (Å²) in [6, 6.07) is 0. The Bertz CT molecular complexity index is 343. The summed E-state index contributed by atoms with van der Waals surface area (Å²) >= 11 is 0. The zero-order valence-corrected chi connectivity index (χ0v) is 14.6. The van der Waals surface area contributed by atoms with Gasteiger partial charge >= 0.3 is 0 Å². The first-order valence-electron chi connectivity index (χ1n) is 9.04. The standard InChI is InChI=1S/C18H33NO3/c1-4-5-6-7-8-9-10-11-12-15(2)17(20)19-13-14-22-16(3)18(19)21/h15-16H,4-14H2,1-3H3. The van der Waals surface area contributed by atoms with Crippen LogP contribution in [0.15, 0.2) is 0 Å². The number of hydrogen-bond donors (Lipinski definition) is 0. The normalized spacial score (nSPS) is 20.2. The second kappa shape index (κ2) is 10.8. The van der Waals surface area contributed by atoms with Gasteiger partial charge < -0.3 is 4.74 Å². The lowest BCUT2D eigenvalue weighted by Gasteiger charge is -2.31. The molecule has 1 aliphatic rings. The Morgan fingerprint density at radius 3 is 2.41 bits per heavy atom. The van der Waals surface area contributed by atoms with E-state index >= 15 is 0 Å². The van der Waals surface area contributed by atoms with Crippen molar-refractivity contribution in [1.29, 1.82) is 0 Å². The van der Waals surface area contributed by atoms with E-state index in [-0.39, 0.29) is 17.7 Å². The molecule has 0 saturated carbocycles. The molecule has 0 aromatic carbocycles. The Hall–Kier alpha value is -0.900. The second-order valence-corrected chi connectivity index (χ2v) is 6.51. The van der Waals surface area contributed by atoms with Gasteiger partial charge in [-0.3, -0.25) is 14.5 Å². The Balaban J connectivity index is 2.15. The van der Waals surface area contributed by atoms with Gasteiger partial charge in [-0.2, -0.15) is 0 Å². The van der Waals surface area contributed by atoms with Crippen LogP contribution in [0, 0.1) is 5.92 Å².